The number of fused-ring (bicyclic) bond motifs is 1. The molecule has 1 unspecified atom stereocenters. The van der Waals surface area contributed by atoms with Crippen molar-refractivity contribution in [3.05, 3.63) is 83.9 Å². The standard InChI is InChI=1S/C22H19N3O2/c23-22-19-10-9-17(13-21(19)27-25-22)16-7-4-8-18(12-16)20(24-14-26)11-15-5-2-1-3-6-15/h1-10,12-14,20H,11H2,(H2,23,25)(H,24,26). The van der Waals surface area contributed by atoms with Crippen LogP contribution in [-0.2, 0) is 11.2 Å². The average Bonchev–Trinajstić information content (AvgIpc) is 3.09. The van der Waals surface area contributed by atoms with Crippen LogP contribution in [0.15, 0.2) is 77.3 Å². The molecule has 3 aromatic carbocycles. The number of nitrogens with one attached hydrogen (secondary N) is 1. The first kappa shape index (κ1) is 16.8. The summed E-state index contributed by atoms with van der Waals surface area (Å²) in [6, 6.07) is 24.0. The largest absolute Gasteiger partial charge is 0.380 e. The number of carbonyl (C=O) groups is 1. The average molecular weight is 357 g/mol. The number of carbonyl (C=O) groups excluding carboxylic acids is 1. The molecule has 0 spiro atoms. The number of anilines is 1. The van der Waals surface area contributed by atoms with Gasteiger partial charge in [-0.3, -0.25) is 4.79 Å². The third-order valence-electron chi connectivity index (χ3n) is 4.67. The molecule has 0 saturated carbocycles. The lowest BCUT2D eigenvalue weighted by Gasteiger charge is -2.18. The topological polar surface area (TPSA) is 81.2 Å². The molecule has 4 rings (SSSR count). The van der Waals surface area contributed by atoms with Gasteiger partial charge in [0.2, 0.25) is 6.41 Å². The van der Waals surface area contributed by atoms with Crippen LogP contribution >= 0.6 is 0 Å². The maximum atomic E-state index is 11.1. The summed E-state index contributed by atoms with van der Waals surface area (Å²) in [6.07, 6.45) is 1.48. The fourth-order valence-corrected chi connectivity index (χ4v) is 3.28. The minimum absolute atomic E-state index is 0.102. The molecule has 0 aliphatic carbocycles. The van der Waals surface area contributed by atoms with E-state index < -0.39 is 0 Å². The molecule has 5 nitrogen and oxygen atoms in total. The van der Waals surface area contributed by atoms with Gasteiger partial charge in [0.05, 0.1) is 11.4 Å². The van der Waals surface area contributed by atoms with E-state index in [0.29, 0.717) is 11.4 Å². The van der Waals surface area contributed by atoms with Crippen molar-refractivity contribution >= 4 is 23.2 Å². The molecule has 1 heterocycles. The number of hydrogen-bond donors (Lipinski definition) is 2. The van der Waals surface area contributed by atoms with E-state index in [-0.39, 0.29) is 6.04 Å². The zero-order valence-electron chi connectivity index (χ0n) is 14.6. The van der Waals surface area contributed by atoms with Crippen molar-refractivity contribution in [2.45, 2.75) is 12.5 Å². The van der Waals surface area contributed by atoms with Gasteiger partial charge in [-0.2, -0.15) is 0 Å². The molecule has 134 valence electrons. The van der Waals surface area contributed by atoms with Crippen LogP contribution in [-0.4, -0.2) is 11.6 Å². The Balaban J connectivity index is 1.67. The number of nitrogens with zero attached hydrogens (tertiary/aromatic N) is 1. The van der Waals surface area contributed by atoms with Gasteiger partial charge < -0.3 is 15.6 Å². The van der Waals surface area contributed by atoms with E-state index in [1.54, 1.807) is 0 Å². The van der Waals surface area contributed by atoms with Gasteiger partial charge in [-0.15, -0.1) is 0 Å². The quantitative estimate of drug-likeness (QED) is 0.509. The van der Waals surface area contributed by atoms with Crippen molar-refractivity contribution in [2.24, 2.45) is 0 Å². The van der Waals surface area contributed by atoms with Crippen molar-refractivity contribution in [3.63, 3.8) is 0 Å². The summed E-state index contributed by atoms with van der Waals surface area (Å²) < 4.78 is 5.27. The lowest BCUT2D eigenvalue weighted by Crippen LogP contribution is -2.21. The lowest BCUT2D eigenvalue weighted by atomic mass is 9.95. The van der Waals surface area contributed by atoms with E-state index in [9.17, 15) is 4.79 Å². The zero-order chi connectivity index (χ0) is 18.6. The fraction of sp³-hybridized carbons (Fsp3) is 0.0909. The van der Waals surface area contributed by atoms with Crippen molar-refractivity contribution in [3.8, 4) is 11.1 Å². The van der Waals surface area contributed by atoms with E-state index in [4.69, 9.17) is 10.3 Å². The summed E-state index contributed by atoms with van der Waals surface area (Å²) in [5, 5.41) is 7.54. The molecule has 1 atom stereocenters. The second-order valence-corrected chi connectivity index (χ2v) is 6.43. The summed E-state index contributed by atoms with van der Waals surface area (Å²) in [6.45, 7) is 0. The van der Waals surface area contributed by atoms with Gasteiger partial charge in [0, 0.05) is 0 Å². The van der Waals surface area contributed by atoms with Gasteiger partial charge in [-0.1, -0.05) is 59.8 Å². The second kappa shape index (κ2) is 7.33. The van der Waals surface area contributed by atoms with Gasteiger partial charge in [0.1, 0.15) is 0 Å². The van der Waals surface area contributed by atoms with Crippen LogP contribution in [0.25, 0.3) is 22.1 Å². The molecule has 0 fully saturated rings. The molecule has 4 aromatic rings. The Morgan fingerprint density at radius 2 is 1.81 bits per heavy atom. The maximum absolute atomic E-state index is 11.1. The first-order valence-electron chi connectivity index (χ1n) is 8.73. The highest BCUT2D eigenvalue weighted by Gasteiger charge is 2.13. The summed E-state index contributed by atoms with van der Waals surface area (Å²) in [4.78, 5) is 11.1. The first-order chi connectivity index (χ1) is 13.2. The van der Waals surface area contributed by atoms with Gasteiger partial charge >= 0.3 is 0 Å². The Morgan fingerprint density at radius 1 is 1.00 bits per heavy atom. The molecule has 3 N–H and O–H groups in total. The summed E-state index contributed by atoms with van der Waals surface area (Å²) >= 11 is 0. The molecule has 0 aliphatic heterocycles. The van der Waals surface area contributed by atoms with Crippen molar-refractivity contribution in [1.82, 2.24) is 10.5 Å². The number of rotatable bonds is 6. The molecule has 1 amide bonds. The normalized spacial score (nSPS) is 12.0. The molecular formula is C22H19N3O2. The zero-order valence-corrected chi connectivity index (χ0v) is 14.6. The summed E-state index contributed by atoms with van der Waals surface area (Å²) in [5.41, 5.74) is 10.7. The molecule has 27 heavy (non-hydrogen) atoms. The van der Waals surface area contributed by atoms with E-state index in [1.807, 2.05) is 54.6 Å². The van der Waals surface area contributed by atoms with Crippen molar-refractivity contribution < 1.29 is 9.32 Å². The van der Waals surface area contributed by atoms with E-state index >= 15 is 0 Å². The molecular weight excluding hydrogens is 338 g/mol. The number of benzene rings is 3. The number of nitrogen functional groups attached to an aromatic ring is 1. The maximum Gasteiger partial charge on any atom is 0.207 e. The van der Waals surface area contributed by atoms with Gasteiger partial charge in [0.15, 0.2) is 11.4 Å². The molecule has 0 aliphatic rings. The third-order valence-corrected chi connectivity index (χ3v) is 4.67. The number of aromatic nitrogens is 1. The van der Waals surface area contributed by atoms with E-state index in [2.05, 4.69) is 28.7 Å². The number of amides is 1. The smallest absolute Gasteiger partial charge is 0.207 e. The van der Waals surface area contributed by atoms with Gasteiger partial charge in [-0.25, -0.2) is 0 Å². The van der Waals surface area contributed by atoms with Crippen LogP contribution in [0.3, 0.4) is 0 Å². The fourth-order valence-electron chi connectivity index (χ4n) is 3.28. The number of nitrogens with two attached hydrogens (primary N) is 1. The SMILES string of the molecule is Nc1noc2cc(-c3cccc(C(Cc4ccccc4)NC=O)c3)ccc12. The van der Waals surface area contributed by atoms with Crippen LogP contribution in [0.1, 0.15) is 17.2 Å². The number of hydrogen-bond acceptors (Lipinski definition) is 4. The molecule has 5 heteroatoms. The summed E-state index contributed by atoms with van der Waals surface area (Å²) in [5.74, 6) is 0.392. The Labute approximate surface area is 156 Å². The minimum atomic E-state index is -0.102. The molecule has 0 saturated heterocycles. The minimum Gasteiger partial charge on any atom is -0.380 e. The van der Waals surface area contributed by atoms with Crippen LogP contribution < -0.4 is 11.1 Å². The first-order valence-corrected chi connectivity index (χ1v) is 8.73. The van der Waals surface area contributed by atoms with Gasteiger partial charge in [-0.05, 0) is 46.9 Å². The molecule has 0 radical (unpaired) electrons. The van der Waals surface area contributed by atoms with Crippen molar-refractivity contribution in [1.29, 1.82) is 0 Å². The predicted octanol–water partition coefficient (Wildman–Crippen LogP) is 4.11. The second-order valence-electron chi connectivity index (χ2n) is 6.43. The van der Waals surface area contributed by atoms with E-state index in [0.717, 1.165) is 34.9 Å². The van der Waals surface area contributed by atoms with Crippen LogP contribution in [0.5, 0.6) is 0 Å². The highest BCUT2D eigenvalue weighted by molar-refractivity contribution is 5.90. The molecule has 0 bridgehead atoms. The Morgan fingerprint density at radius 3 is 2.63 bits per heavy atom. The van der Waals surface area contributed by atoms with Crippen LogP contribution in [0.4, 0.5) is 5.82 Å². The van der Waals surface area contributed by atoms with Crippen LogP contribution in [0, 0.1) is 0 Å². The van der Waals surface area contributed by atoms with Gasteiger partial charge in [0.25, 0.3) is 0 Å². The Hall–Kier alpha value is -3.60. The monoisotopic (exact) mass is 357 g/mol. The highest BCUT2D eigenvalue weighted by Crippen LogP contribution is 2.29. The summed E-state index contributed by atoms with van der Waals surface area (Å²) in [7, 11) is 0. The Bertz CT molecular complexity index is 1070. The molecule has 1 aromatic heterocycles. The highest BCUT2D eigenvalue weighted by atomic mass is 16.5. The predicted molar refractivity (Wildman–Crippen MR) is 106 cm³/mol. The van der Waals surface area contributed by atoms with E-state index in [1.165, 1.54) is 5.56 Å². The Kier molecular flexibility index (Phi) is 4.58. The van der Waals surface area contributed by atoms with Crippen molar-refractivity contribution in [2.75, 3.05) is 5.73 Å². The van der Waals surface area contributed by atoms with Crippen LogP contribution in [0.2, 0.25) is 0 Å². The third kappa shape index (κ3) is 3.53. The lowest BCUT2D eigenvalue weighted by molar-refractivity contribution is -0.110.